The molecule has 2 aromatic rings. The van der Waals surface area contributed by atoms with Crippen LogP contribution in [0.25, 0.3) is 11.1 Å². The summed E-state index contributed by atoms with van der Waals surface area (Å²) < 4.78 is 0. The van der Waals surface area contributed by atoms with E-state index in [1.165, 1.54) is 26.3 Å². The molecule has 1 unspecified atom stereocenters. The monoisotopic (exact) mass is 451 g/mol. The molecule has 1 fully saturated rings. The van der Waals surface area contributed by atoms with Gasteiger partial charge in [-0.25, -0.2) is 0 Å². The Morgan fingerprint density at radius 3 is 2.41 bits per heavy atom. The van der Waals surface area contributed by atoms with E-state index in [4.69, 9.17) is 11.6 Å². The normalized spacial score (nSPS) is 15.9. The van der Waals surface area contributed by atoms with Gasteiger partial charge >= 0.3 is 0 Å². The molecular weight excluding hydrogens is 422 g/mol. The molecule has 2 atom stereocenters. The highest BCUT2D eigenvalue weighted by Crippen LogP contribution is 2.32. The molecule has 0 aromatic heterocycles. The minimum absolute atomic E-state index is 0.291. The zero-order valence-electron chi connectivity index (χ0n) is 18.7. The molecule has 2 aromatic carbocycles. The lowest BCUT2D eigenvalue weighted by atomic mass is 9.78. The third kappa shape index (κ3) is 5.89. The summed E-state index contributed by atoms with van der Waals surface area (Å²) in [6.07, 6.45) is 8.41. The second-order valence-corrected chi connectivity index (χ2v) is 9.10. The maximum Gasteiger partial charge on any atom is 0.257 e. The number of hydrogen-bond acceptors (Lipinski definition) is 3. The Morgan fingerprint density at radius 1 is 1.12 bits per heavy atom. The van der Waals surface area contributed by atoms with E-state index in [1.54, 1.807) is 12.1 Å². The van der Waals surface area contributed by atoms with Crippen LogP contribution in [0.4, 0.5) is 0 Å². The van der Waals surface area contributed by atoms with Gasteiger partial charge in [0.2, 0.25) is 0 Å². The average molecular weight is 452 g/mol. The molecule has 32 heavy (non-hydrogen) atoms. The van der Waals surface area contributed by atoms with E-state index in [2.05, 4.69) is 12.2 Å². The van der Waals surface area contributed by atoms with Gasteiger partial charge in [-0.05, 0) is 42.0 Å². The Labute approximate surface area is 195 Å². The Hall–Kier alpha value is -2.84. The topological polar surface area (TPSA) is 73.2 Å². The quantitative estimate of drug-likeness (QED) is 0.436. The number of hydrogen-bond donors (Lipinski definition) is 1. The number of nitrogens with one attached hydrogen (secondary N) is 1. The molecule has 0 radical (unpaired) electrons. The van der Waals surface area contributed by atoms with Crippen LogP contribution < -0.4 is 5.32 Å². The third-order valence-electron chi connectivity index (χ3n) is 6.48. The maximum atomic E-state index is 13.0. The fourth-order valence-corrected chi connectivity index (χ4v) is 4.75. The van der Waals surface area contributed by atoms with Gasteiger partial charge in [0.05, 0.1) is 0 Å². The molecule has 6 heteroatoms. The Kier molecular flexibility index (Phi) is 8.30. The summed E-state index contributed by atoms with van der Waals surface area (Å²) >= 11 is 6.27. The summed E-state index contributed by atoms with van der Waals surface area (Å²) in [6, 6.07) is 14.0. The summed E-state index contributed by atoms with van der Waals surface area (Å²) in [5, 5.41) is 12.7. The molecule has 5 nitrogen and oxygen atoms in total. The third-order valence-corrected chi connectivity index (χ3v) is 6.81. The van der Waals surface area contributed by atoms with Crippen LogP contribution in [0.1, 0.15) is 55.8 Å². The molecule has 0 heterocycles. The van der Waals surface area contributed by atoms with E-state index in [1.807, 2.05) is 42.6 Å². The van der Waals surface area contributed by atoms with E-state index >= 15 is 0 Å². The molecular formula is C26H30ClN3O2. The Morgan fingerprint density at radius 2 is 1.78 bits per heavy atom. The molecule has 0 bridgehead atoms. The first kappa shape index (κ1) is 23.8. The predicted octanol–water partition coefficient (Wildman–Crippen LogP) is 5.65. The first-order chi connectivity index (χ1) is 15.4. The van der Waals surface area contributed by atoms with Crippen LogP contribution in [-0.4, -0.2) is 29.8 Å². The number of carbonyl (C=O) groups excluding carboxylic acids is 2. The van der Waals surface area contributed by atoms with Crippen molar-refractivity contribution in [2.75, 3.05) is 7.05 Å². The summed E-state index contributed by atoms with van der Waals surface area (Å²) in [5.74, 6) is 0.143. The van der Waals surface area contributed by atoms with Gasteiger partial charge in [-0.15, -0.1) is 0 Å². The van der Waals surface area contributed by atoms with Crippen molar-refractivity contribution in [2.24, 2.45) is 11.8 Å². The number of amides is 2. The van der Waals surface area contributed by atoms with Gasteiger partial charge in [-0.2, -0.15) is 5.26 Å². The standard InChI is InChI=1S/C26H30ClN3O2/c1-18(19-8-4-3-5-9-19)16-24(26(32)30(2)17-28)29-25(31)21-14-12-20(13-15-21)22-10-6-7-11-23(22)27/h6-7,10-15,18-19,24H,3-5,8-9,16H2,1-2H3,(H,29,31)/t18?,24-/m0/s1. The van der Waals surface area contributed by atoms with Crippen LogP contribution in [-0.2, 0) is 4.79 Å². The SMILES string of the molecule is CC(C[C@H](NC(=O)c1ccc(-c2ccccc2Cl)cc1)C(=O)N(C)C#N)C1CCCCC1. The van der Waals surface area contributed by atoms with Gasteiger partial charge in [0.15, 0.2) is 6.19 Å². The average Bonchev–Trinajstić information content (AvgIpc) is 2.83. The lowest BCUT2D eigenvalue weighted by molar-refractivity contribution is -0.129. The number of nitriles is 1. The smallest absolute Gasteiger partial charge is 0.257 e. The molecule has 1 saturated carbocycles. The fourth-order valence-electron chi connectivity index (χ4n) is 4.51. The Balaban J connectivity index is 1.73. The second kappa shape index (κ2) is 11.2. The van der Waals surface area contributed by atoms with Crippen LogP contribution in [0, 0.1) is 23.3 Å². The maximum absolute atomic E-state index is 13.0. The minimum atomic E-state index is -0.729. The Bertz CT molecular complexity index is 977. The minimum Gasteiger partial charge on any atom is -0.340 e. The van der Waals surface area contributed by atoms with E-state index in [9.17, 15) is 14.9 Å². The number of rotatable bonds is 7. The summed E-state index contributed by atoms with van der Waals surface area (Å²) in [7, 11) is 1.44. The van der Waals surface area contributed by atoms with Crippen molar-refractivity contribution in [1.82, 2.24) is 10.2 Å². The second-order valence-electron chi connectivity index (χ2n) is 8.69. The lowest BCUT2D eigenvalue weighted by Gasteiger charge is -2.30. The van der Waals surface area contributed by atoms with E-state index in [0.29, 0.717) is 28.8 Å². The first-order valence-electron chi connectivity index (χ1n) is 11.2. The zero-order valence-corrected chi connectivity index (χ0v) is 19.4. The van der Waals surface area contributed by atoms with Crippen molar-refractivity contribution in [3.8, 4) is 17.3 Å². The highest BCUT2D eigenvalue weighted by atomic mass is 35.5. The van der Waals surface area contributed by atoms with Crippen molar-refractivity contribution in [3.63, 3.8) is 0 Å². The van der Waals surface area contributed by atoms with Crippen molar-refractivity contribution < 1.29 is 9.59 Å². The van der Waals surface area contributed by atoms with Crippen LogP contribution in [0.3, 0.4) is 0 Å². The molecule has 1 aliphatic rings. The molecule has 1 N–H and O–H groups in total. The van der Waals surface area contributed by atoms with E-state index in [0.717, 1.165) is 28.9 Å². The number of carbonyl (C=O) groups is 2. The van der Waals surface area contributed by atoms with Gasteiger partial charge < -0.3 is 5.32 Å². The van der Waals surface area contributed by atoms with Gasteiger partial charge in [-0.1, -0.05) is 81.0 Å². The highest BCUT2D eigenvalue weighted by Gasteiger charge is 2.30. The van der Waals surface area contributed by atoms with Gasteiger partial charge in [0.25, 0.3) is 11.8 Å². The van der Waals surface area contributed by atoms with Crippen molar-refractivity contribution >= 4 is 23.4 Å². The largest absolute Gasteiger partial charge is 0.340 e. The molecule has 0 spiro atoms. The zero-order chi connectivity index (χ0) is 23.1. The van der Waals surface area contributed by atoms with Crippen molar-refractivity contribution in [2.45, 2.75) is 51.5 Å². The number of halogens is 1. The number of likely N-dealkylation sites (N-methyl/N-ethyl adjacent to an activating group) is 1. The van der Waals surface area contributed by atoms with Gasteiger partial charge in [-0.3, -0.25) is 14.5 Å². The van der Waals surface area contributed by atoms with Crippen LogP contribution in [0.2, 0.25) is 5.02 Å². The highest BCUT2D eigenvalue weighted by molar-refractivity contribution is 6.33. The molecule has 1 aliphatic carbocycles. The predicted molar refractivity (Wildman–Crippen MR) is 127 cm³/mol. The van der Waals surface area contributed by atoms with Crippen LogP contribution in [0.15, 0.2) is 48.5 Å². The lowest BCUT2D eigenvalue weighted by Crippen LogP contribution is -2.47. The van der Waals surface area contributed by atoms with Crippen LogP contribution in [0.5, 0.6) is 0 Å². The molecule has 168 valence electrons. The molecule has 0 saturated heterocycles. The summed E-state index contributed by atoms with van der Waals surface area (Å²) in [4.78, 5) is 26.8. The van der Waals surface area contributed by atoms with Gasteiger partial charge in [0.1, 0.15) is 6.04 Å². The van der Waals surface area contributed by atoms with Crippen LogP contribution >= 0.6 is 11.6 Å². The molecule has 2 amide bonds. The first-order valence-corrected chi connectivity index (χ1v) is 11.6. The summed E-state index contributed by atoms with van der Waals surface area (Å²) in [5.41, 5.74) is 2.27. The van der Waals surface area contributed by atoms with Gasteiger partial charge in [0, 0.05) is 23.2 Å². The van der Waals surface area contributed by atoms with E-state index < -0.39 is 6.04 Å². The fraction of sp³-hybridized carbons (Fsp3) is 0.423. The number of nitrogens with zero attached hydrogens (tertiary/aromatic N) is 2. The molecule has 0 aliphatic heterocycles. The van der Waals surface area contributed by atoms with Crippen molar-refractivity contribution in [3.05, 3.63) is 59.1 Å². The molecule has 3 rings (SSSR count). The summed E-state index contributed by atoms with van der Waals surface area (Å²) in [6.45, 7) is 2.15. The van der Waals surface area contributed by atoms with E-state index in [-0.39, 0.29) is 11.8 Å². The number of benzene rings is 2. The van der Waals surface area contributed by atoms with Crippen molar-refractivity contribution in [1.29, 1.82) is 5.26 Å².